The van der Waals surface area contributed by atoms with Gasteiger partial charge in [-0.05, 0) is 50.4 Å². The second kappa shape index (κ2) is 13.6. The molecule has 11 nitrogen and oxygen atoms in total. The molecule has 4 aliphatic heterocycles. The number of aromatic nitrogens is 2. The lowest BCUT2D eigenvalue weighted by Crippen LogP contribution is -2.44. The van der Waals surface area contributed by atoms with Crippen LogP contribution in [0.5, 0.6) is 6.01 Å². The first-order valence-electron chi connectivity index (χ1n) is 17.7. The molecule has 0 radical (unpaired) electrons. The van der Waals surface area contributed by atoms with Crippen LogP contribution >= 0.6 is 11.3 Å². The van der Waals surface area contributed by atoms with Crippen LogP contribution in [0.2, 0.25) is 0 Å². The van der Waals surface area contributed by atoms with E-state index in [1.165, 1.54) is 4.90 Å². The molecular weight excluding hydrogens is 740 g/mol. The Bertz CT molecular complexity index is 2190. The summed E-state index contributed by atoms with van der Waals surface area (Å²) in [6.45, 7) is 3.86. The smallest absolute Gasteiger partial charge is 0.417 e. The van der Waals surface area contributed by atoms with E-state index in [2.05, 4.69) is 9.97 Å². The van der Waals surface area contributed by atoms with Gasteiger partial charge in [-0.25, -0.2) is 18.0 Å². The summed E-state index contributed by atoms with van der Waals surface area (Å²) in [6, 6.07) is 3.68. The fraction of sp³-hybridized carbons (Fsp3) is 0.500. The van der Waals surface area contributed by atoms with E-state index in [1.54, 1.807) is 11.8 Å². The number of carbonyl (C=O) groups is 1. The van der Waals surface area contributed by atoms with E-state index in [9.17, 15) is 18.8 Å². The quantitative estimate of drug-likeness (QED) is 0.194. The number of carbonyl (C=O) groups excluding carboxylic acids is 1. The monoisotopic (exact) mass is 775 g/mol. The van der Waals surface area contributed by atoms with Crippen LogP contribution in [0.1, 0.15) is 43.7 Å². The predicted molar refractivity (Wildman–Crippen MR) is 187 cm³/mol. The minimum Gasteiger partial charge on any atom is -0.461 e. The molecule has 1 amide bonds. The molecule has 18 heteroatoms. The van der Waals surface area contributed by atoms with Crippen molar-refractivity contribution in [3.63, 3.8) is 0 Å². The van der Waals surface area contributed by atoms with E-state index in [1.807, 2.05) is 11.0 Å². The maximum Gasteiger partial charge on any atom is 0.417 e. The third-order valence-corrected chi connectivity index (χ3v) is 12.0. The molecule has 0 spiro atoms. The molecule has 4 aromatic rings. The summed E-state index contributed by atoms with van der Waals surface area (Å²) in [5, 5.41) is 9.21. The SMILES string of the molecule is CCN(c1nc(OCC23CCCN2CC(F)C3)nc2c(F)c(-c3ccc(F)c4sc(N)c(C#N)c34)c(C(F)(F)F)cc12)C1CCN(C(=O)OC2COC2)C1. The number of nitrogens with zero attached hydrogens (tertiary/aromatic N) is 6. The fourth-order valence-corrected chi connectivity index (χ4v) is 9.31. The molecule has 0 aliphatic carbocycles. The average molecular weight is 776 g/mol. The van der Waals surface area contributed by atoms with Crippen LogP contribution in [0.25, 0.3) is 32.1 Å². The summed E-state index contributed by atoms with van der Waals surface area (Å²) < 4.78 is 109. The number of benzene rings is 2. The zero-order valence-electron chi connectivity index (χ0n) is 29.0. The van der Waals surface area contributed by atoms with Crippen LogP contribution in [0.3, 0.4) is 0 Å². The Morgan fingerprint density at radius 3 is 2.72 bits per heavy atom. The Labute approximate surface area is 309 Å². The van der Waals surface area contributed by atoms with Crippen molar-refractivity contribution < 1.29 is 45.3 Å². The van der Waals surface area contributed by atoms with Gasteiger partial charge in [0.05, 0.1) is 34.6 Å². The number of likely N-dealkylation sites (tertiary alicyclic amines) is 1. The van der Waals surface area contributed by atoms with Crippen LogP contribution in [-0.4, -0.2) is 102 Å². The van der Waals surface area contributed by atoms with Gasteiger partial charge in [0.15, 0.2) is 11.9 Å². The van der Waals surface area contributed by atoms with Crippen molar-refractivity contribution in [2.24, 2.45) is 0 Å². The normalized spacial score (nSPS) is 23.2. The molecule has 2 aromatic carbocycles. The van der Waals surface area contributed by atoms with Crippen molar-refractivity contribution in [2.45, 2.75) is 62.6 Å². The van der Waals surface area contributed by atoms with E-state index in [4.69, 9.17) is 19.9 Å². The molecule has 2 aromatic heterocycles. The van der Waals surface area contributed by atoms with Crippen molar-refractivity contribution in [1.82, 2.24) is 19.8 Å². The van der Waals surface area contributed by atoms with E-state index < -0.39 is 58.3 Å². The number of nitrogens with two attached hydrogens (primary N) is 1. The van der Waals surface area contributed by atoms with Crippen LogP contribution < -0.4 is 15.4 Å². The van der Waals surface area contributed by atoms with E-state index in [0.29, 0.717) is 50.5 Å². The Morgan fingerprint density at radius 2 is 2.02 bits per heavy atom. The highest BCUT2D eigenvalue weighted by atomic mass is 32.1. The maximum absolute atomic E-state index is 17.2. The Kier molecular flexibility index (Phi) is 9.17. The number of anilines is 2. The molecule has 8 rings (SSSR count). The number of hydrogen-bond acceptors (Lipinski definition) is 11. The number of nitriles is 1. The molecular formula is C36H35F6N7O4S. The van der Waals surface area contributed by atoms with Gasteiger partial charge in [0.2, 0.25) is 0 Å². The van der Waals surface area contributed by atoms with Crippen LogP contribution in [0.4, 0.5) is 42.0 Å². The Morgan fingerprint density at radius 1 is 1.22 bits per heavy atom. The second-order valence-corrected chi connectivity index (χ2v) is 15.2. The average Bonchev–Trinajstić information content (AvgIpc) is 3.89. The molecule has 2 N–H and O–H groups in total. The van der Waals surface area contributed by atoms with Gasteiger partial charge in [0.25, 0.3) is 0 Å². The number of ether oxygens (including phenoxy) is 3. The molecule has 286 valence electrons. The molecule has 3 unspecified atom stereocenters. The second-order valence-electron chi connectivity index (χ2n) is 14.2. The van der Waals surface area contributed by atoms with E-state index >= 15 is 17.6 Å². The number of hydrogen-bond donors (Lipinski definition) is 1. The van der Waals surface area contributed by atoms with E-state index in [-0.39, 0.29) is 82.2 Å². The lowest BCUT2D eigenvalue weighted by molar-refractivity contribution is -0.137. The van der Waals surface area contributed by atoms with Crippen LogP contribution in [0.15, 0.2) is 18.2 Å². The summed E-state index contributed by atoms with van der Waals surface area (Å²) in [4.78, 5) is 27.0. The lowest BCUT2D eigenvalue weighted by atomic mass is 9.92. The van der Waals surface area contributed by atoms with Crippen molar-refractivity contribution in [3.05, 3.63) is 41.0 Å². The topological polar surface area (TPSA) is 130 Å². The van der Waals surface area contributed by atoms with Crippen molar-refractivity contribution >= 4 is 49.2 Å². The third kappa shape index (κ3) is 6.09. The van der Waals surface area contributed by atoms with Crippen molar-refractivity contribution in [3.8, 4) is 23.2 Å². The number of alkyl halides is 4. The zero-order chi connectivity index (χ0) is 38.1. The minimum absolute atomic E-state index is 0.0359. The Hall–Kier alpha value is -4.60. The summed E-state index contributed by atoms with van der Waals surface area (Å²) in [7, 11) is 0. The highest BCUT2D eigenvalue weighted by Gasteiger charge is 2.49. The maximum atomic E-state index is 17.2. The fourth-order valence-electron chi connectivity index (χ4n) is 8.36. The Balaban J connectivity index is 1.29. The molecule has 4 fully saturated rings. The molecule has 4 saturated heterocycles. The first kappa shape index (κ1) is 36.4. The summed E-state index contributed by atoms with van der Waals surface area (Å²) in [5.74, 6) is -2.28. The zero-order valence-corrected chi connectivity index (χ0v) is 29.8. The third-order valence-electron chi connectivity index (χ3n) is 11.0. The molecule has 54 heavy (non-hydrogen) atoms. The predicted octanol–water partition coefficient (Wildman–Crippen LogP) is 6.65. The van der Waals surface area contributed by atoms with Crippen LogP contribution in [-0.2, 0) is 15.7 Å². The number of rotatable bonds is 8. The first-order chi connectivity index (χ1) is 25.8. The molecule has 4 aliphatic rings. The standard InChI is InChI=1S/C36H35F6N7O4S/c1-2-49(19-6-9-47(14-19)34(50)53-20-15-51-16-20)32-22-10-24(36(40,41)42)27(21-4-5-25(38)30-26(21)23(12-43)31(44)54-30)28(39)29(22)45-33(46-32)52-17-35-7-3-8-48(35)13-18(37)11-35/h4-5,10,18-20H,2-3,6-9,11,13-17,44H2,1H3. The highest BCUT2D eigenvalue weighted by molar-refractivity contribution is 7.23. The first-order valence-corrected chi connectivity index (χ1v) is 18.5. The van der Waals surface area contributed by atoms with Gasteiger partial charge < -0.3 is 29.7 Å². The largest absolute Gasteiger partial charge is 0.461 e. The summed E-state index contributed by atoms with van der Waals surface area (Å²) in [5.41, 5.74) is 1.81. The number of amides is 1. The molecule has 3 atom stereocenters. The number of likely N-dealkylation sites (N-methyl/N-ethyl adjacent to an activating group) is 1. The summed E-state index contributed by atoms with van der Waals surface area (Å²) in [6.07, 6.45) is -5.03. The van der Waals surface area contributed by atoms with Gasteiger partial charge in [-0.3, -0.25) is 4.90 Å². The van der Waals surface area contributed by atoms with Crippen molar-refractivity contribution in [2.75, 3.05) is 63.2 Å². The highest BCUT2D eigenvalue weighted by Crippen LogP contribution is 2.48. The lowest BCUT2D eigenvalue weighted by Gasteiger charge is -2.32. The van der Waals surface area contributed by atoms with Crippen molar-refractivity contribution in [1.29, 1.82) is 5.26 Å². The van der Waals surface area contributed by atoms with Gasteiger partial charge in [0.1, 0.15) is 41.0 Å². The molecule has 0 saturated carbocycles. The number of halogens is 6. The van der Waals surface area contributed by atoms with Gasteiger partial charge in [-0.1, -0.05) is 6.07 Å². The summed E-state index contributed by atoms with van der Waals surface area (Å²) >= 11 is 0.673. The van der Waals surface area contributed by atoms with E-state index in [0.717, 1.165) is 24.6 Å². The molecule has 6 heterocycles. The van der Waals surface area contributed by atoms with Gasteiger partial charge in [-0.15, -0.1) is 11.3 Å². The van der Waals surface area contributed by atoms with Crippen LogP contribution in [0, 0.1) is 23.0 Å². The number of fused-ring (bicyclic) bond motifs is 3. The van der Waals surface area contributed by atoms with Gasteiger partial charge >= 0.3 is 18.3 Å². The van der Waals surface area contributed by atoms with Gasteiger partial charge in [-0.2, -0.15) is 28.4 Å². The number of thiophene rings is 1. The molecule has 0 bridgehead atoms. The van der Waals surface area contributed by atoms with Gasteiger partial charge in [0, 0.05) is 55.0 Å². The minimum atomic E-state index is -5.14. The number of nitrogen functional groups attached to an aromatic ring is 1.